The molecule has 1 aromatic rings. The van der Waals surface area contributed by atoms with Gasteiger partial charge in [-0.15, -0.1) is 11.6 Å². The lowest BCUT2D eigenvalue weighted by Gasteiger charge is -2.11. The molecule has 0 saturated heterocycles. The normalized spacial score (nSPS) is 9.81. The van der Waals surface area contributed by atoms with Crippen molar-refractivity contribution in [2.75, 3.05) is 0 Å². The van der Waals surface area contributed by atoms with E-state index in [0.29, 0.717) is 0 Å². The van der Waals surface area contributed by atoms with Crippen LogP contribution in [0, 0.1) is 11.3 Å². The molecule has 6 heteroatoms. The summed E-state index contributed by atoms with van der Waals surface area (Å²) in [6.45, 7) is 1.96. The molecule has 84 valence electrons. The highest BCUT2D eigenvalue weighted by Crippen LogP contribution is 2.12. The van der Waals surface area contributed by atoms with Crippen molar-refractivity contribution in [2.45, 2.75) is 19.3 Å². The number of carboxylic acid groups (broad SMARTS) is 1. The summed E-state index contributed by atoms with van der Waals surface area (Å²) in [6, 6.07) is 2.74. The summed E-state index contributed by atoms with van der Waals surface area (Å²) in [5.41, 5.74) is -0.576. The maximum atomic E-state index is 11.7. The summed E-state index contributed by atoms with van der Waals surface area (Å²) in [7, 11) is 0. The lowest BCUT2D eigenvalue weighted by atomic mass is 10.1. The number of carbonyl (C=O) groups is 1. The fourth-order valence-electron chi connectivity index (χ4n) is 1.45. The molecule has 0 amide bonds. The Kier molecular flexibility index (Phi) is 3.69. The van der Waals surface area contributed by atoms with Gasteiger partial charge in [0, 0.05) is 6.54 Å². The highest BCUT2D eigenvalue weighted by atomic mass is 35.5. The molecule has 1 aromatic heterocycles. The van der Waals surface area contributed by atoms with Gasteiger partial charge < -0.3 is 9.67 Å². The average molecular weight is 241 g/mol. The first-order chi connectivity index (χ1) is 7.56. The highest BCUT2D eigenvalue weighted by Gasteiger charge is 2.17. The molecule has 16 heavy (non-hydrogen) atoms. The van der Waals surface area contributed by atoms with E-state index in [1.165, 1.54) is 4.57 Å². The monoisotopic (exact) mass is 240 g/mol. The number of alkyl halides is 1. The first kappa shape index (κ1) is 12.3. The van der Waals surface area contributed by atoms with Crippen LogP contribution in [0.25, 0.3) is 0 Å². The zero-order valence-corrected chi connectivity index (χ0v) is 9.28. The summed E-state index contributed by atoms with van der Waals surface area (Å²) in [5, 5.41) is 17.7. The number of carboxylic acids is 1. The predicted molar refractivity (Wildman–Crippen MR) is 57.6 cm³/mol. The summed E-state index contributed by atoms with van der Waals surface area (Å²) >= 11 is 5.62. The van der Waals surface area contributed by atoms with Crippen LogP contribution in [-0.2, 0) is 12.4 Å². The SMILES string of the molecule is CCn1c(CCl)c(C(=O)O)cc(C#N)c1=O. The minimum atomic E-state index is -1.20. The van der Waals surface area contributed by atoms with Crippen LogP contribution in [-0.4, -0.2) is 15.6 Å². The molecule has 0 aliphatic heterocycles. The Hall–Kier alpha value is -1.80. The van der Waals surface area contributed by atoms with Gasteiger partial charge in [-0.1, -0.05) is 0 Å². The number of aromatic nitrogens is 1. The van der Waals surface area contributed by atoms with Gasteiger partial charge in [0.1, 0.15) is 11.6 Å². The molecule has 0 saturated carbocycles. The van der Waals surface area contributed by atoms with Crippen molar-refractivity contribution in [1.29, 1.82) is 5.26 Å². The quantitative estimate of drug-likeness (QED) is 0.804. The van der Waals surface area contributed by atoms with Gasteiger partial charge in [0.25, 0.3) is 5.56 Å². The largest absolute Gasteiger partial charge is 0.478 e. The maximum Gasteiger partial charge on any atom is 0.337 e. The van der Waals surface area contributed by atoms with Gasteiger partial charge in [-0.25, -0.2) is 4.79 Å². The molecule has 0 radical (unpaired) electrons. The molecule has 0 aliphatic rings. The van der Waals surface area contributed by atoms with E-state index < -0.39 is 11.5 Å². The van der Waals surface area contributed by atoms with Gasteiger partial charge in [-0.05, 0) is 13.0 Å². The van der Waals surface area contributed by atoms with Gasteiger partial charge in [-0.2, -0.15) is 5.26 Å². The summed E-state index contributed by atoms with van der Waals surface area (Å²) in [6.07, 6.45) is 0. The molecule has 1 rings (SSSR count). The molecule has 0 fully saturated rings. The highest BCUT2D eigenvalue weighted by molar-refractivity contribution is 6.17. The second-order valence-corrected chi connectivity index (χ2v) is 3.29. The molecule has 0 bridgehead atoms. The van der Waals surface area contributed by atoms with Crippen molar-refractivity contribution in [3.8, 4) is 6.07 Å². The molecule has 5 nitrogen and oxygen atoms in total. The van der Waals surface area contributed by atoms with Gasteiger partial charge in [-0.3, -0.25) is 4.79 Å². The average Bonchev–Trinajstić information content (AvgIpc) is 2.27. The van der Waals surface area contributed by atoms with Crippen molar-refractivity contribution >= 4 is 17.6 Å². The Balaban J connectivity index is 3.71. The molecular formula is C10H9ClN2O3. The van der Waals surface area contributed by atoms with Crippen molar-refractivity contribution in [1.82, 2.24) is 4.57 Å². The summed E-state index contributed by atoms with van der Waals surface area (Å²) < 4.78 is 1.20. The first-order valence-corrected chi connectivity index (χ1v) is 5.06. The van der Waals surface area contributed by atoms with E-state index in [-0.39, 0.29) is 29.2 Å². The van der Waals surface area contributed by atoms with E-state index in [1.54, 1.807) is 13.0 Å². The molecule has 0 spiro atoms. The maximum absolute atomic E-state index is 11.7. The summed E-state index contributed by atoms with van der Waals surface area (Å²) in [5.74, 6) is -1.29. The minimum Gasteiger partial charge on any atom is -0.478 e. The second-order valence-electron chi connectivity index (χ2n) is 3.02. The second kappa shape index (κ2) is 4.81. The van der Waals surface area contributed by atoms with Crippen molar-refractivity contribution < 1.29 is 9.90 Å². The zero-order chi connectivity index (χ0) is 12.3. The first-order valence-electron chi connectivity index (χ1n) is 4.52. The Labute approximate surface area is 96.5 Å². The number of nitrogens with zero attached hydrogens (tertiary/aromatic N) is 2. The van der Waals surface area contributed by atoms with Crippen LogP contribution in [0.15, 0.2) is 10.9 Å². The smallest absolute Gasteiger partial charge is 0.337 e. The standard InChI is InChI=1S/C10H9ClN2O3/c1-2-13-8(4-11)7(10(15)16)3-6(5-12)9(13)14/h3H,2,4H2,1H3,(H,15,16). The number of hydrogen-bond acceptors (Lipinski definition) is 3. The van der Waals surface area contributed by atoms with E-state index >= 15 is 0 Å². The Morgan fingerprint density at radius 3 is 2.69 bits per heavy atom. The number of nitriles is 1. The summed E-state index contributed by atoms with van der Waals surface area (Å²) in [4.78, 5) is 22.6. The molecule has 1 N–H and O–H groups in total. The fraction of sp³-hybridized carbons (Fsp3) is 0.300. The Morgan fingerprint density at radius 1 is 1.69 bits per heavy atom. The Morgan fingerprint density at radius 2 is 2.31 bits per heavy atom. The third-order valence-electron chi connectivity index (χ3n) is 2.19. The van der Waals surface area contributed by atoms with Crippen LogP contribution in [0.3, 0.4) is 0 Å². The van der Waals surface area contributed by atoms with Gasteiger partial charge in [0.2, 0.25) is 0 Å². The van der Waals surface area contributed by atoms with Crippen LogP contribution in [0.5, 0.6) is 0 Å². The minimum absolute atomic E-state index is 0.0869. The Bertz CT molecular complexity index is 528. The van der Waals surface area contributed by atoms with Crippen molar-refractivity contribution in [2.24, 2.45) is 0 Å². The number of rotatable bonds is 3. The van der Waals surface area contributed by atoms with E-state index in [2.05, 4.69) is 0 Å². The van der Waals surface area contributed by atoms with Crippen molar-refractivity contribution in [3.05, 3.63) is 33.2 Å². The zero-order valence-electron chi connectivity index (χ0n) is 8.53. The number of hydrogen-bond donors (Lipinski definition) is 1. The van der Waals surface area contributed by atoms with E-state index in [9.17, 15) is 9.59 Å². The third-order valence-corrected chi connectivity index (χ3v) is 2.45. The predicted octanol–water partition coefficient (Wildman–Crippen LogP) is 1.18. The van der Waals surface area contributed by atoms with E-state index in [0.717, 1.165) is 6.07 Å². The van der Waals surface area contributed by atoms with E-state index in [4.69, 9.17) is 22.0 Å². The molecule has 0 unspecified atom stereocenters. The molecule has 0 aromatic carbocycles. The van der Waals surface area contributed by atoms with Crippen LogP contribution < -0.4 is 5.56 Å². The number of aromatic carboxylic acids is 1. The van der Waals surface area contributed by atoms with Crippen LogP contribution >= 0.6 is 11.6 Å². The number of halogens is 1. The van der Waals surface area contributed by atoms with Gasteiger partial charge in [0.15, 0.2) is 0 Å². The van der Waals surface area contributed by atoms with Crippen molar-refractivity contribution in [3.63, 3.8) is 0 Å². The van der Waals surface area contributed by atoms with Crippen LogP contribution in [0.2, 0.25) is 0 Å². The van der Waals surface area contributed by atoms with Gasteiger partial charge >= 0.3 is 5.97 Å². The molecule has 1 heterocycles. The van der Waals surface area contributed by atoms with Crippen LogP contribution in [0.4, 0.5) is 0 Å². The van der Waals surface area contributed by atoms with Crippen LogP contribution in [0.1, 0.15) is 28.5 Å². The van der Waals surface area contributed by atoms with Gasteiger partial charge in [0.05, 0.1) is 17.1 Å². The number of pyridine rings is 1. The topological polar surface area (TPSA) is 83.1 Å². The molecular weight excluding hydrogens is 232 g/mol. The molecule has 0 aliphatic carbocycles. The van der Waals surface area contributed by atoms with E-state index in [1.807, 2.05) is 0 Å². The lowest BCUT2D eigenvalue weighted by molar-refractivity contribution is 0.0694. The lowest BCUT2D eigenvalue weighted by Crippen LogP contribution is -2.27. The third kappa shape index (κ3) is 1.92. The molecule has 0 atom stereocenters. The fourth-order valence-corrected chi connectivity index (χ4v) is 1.73.